The minimum Gasteiger partial charge on any atom is -0.338 e. The van der Waals surface area contributed by atoms with Crippen LogP contribution < -0.4 is 0 Å². The lowest BCUT2D eigenvalue weighted by atomic mass is 10.1. The maximum absolute atomic E-state index is 5.40. The van der Waals surface area contributed by atoms with Gasteiger partial charge >= 0.3 is 0 Å². The Morgan fingerprint density at radius 1 is 1.35 bits per heavy atom. The predicted molar refractivity (Wildman–Crippen MR) is 72.3 cm³/mol. The fourth-order valence-electron chi connectivity index (χ4n) is 2.68. The van der Waals surface area contributed by atoms with Crippen molar-refractivity contribution in [3.05, 3.63) is 29.7 Å². The molecule has 1 aliphatic carbocycles. The normalized spacial score (nSPS) is 21.9. The van der Waals surface area contributed by atoms with Gasteiger partial charge in [-0.15, -0.1) is 0 Å². The van der Waals surface area contributed by atoms with E-state index in [9.17, 15) is 0 Å². The number of aromatic nitrogens is 4. The van der Waals surface area contributed by atoms with E-state index in [1.165, 1.54) is 18.4 Å². The molecule has 0 spiro atoms. The van der Waals surface area contributed by atoms with Crippen LogP contribution in [0.2, 0.25) is 0 Å². The van der Waals surface area contributed by atoms with E-state index in [4.69, 9.17) is 4.52 Å². The molecule has 3 heterocycles. The fraction of sp³-hybridized carbons (Fsp3) is 0.643. The summed E-state index contributed by atoms with van der Waals surface area (Å²) in [5.41, 5.74) is 1.21. The lowest BCUT2D eigenvalue weighted by molar-refractivity contribution is 0.0456. The van der Waals surface area contributed by atoms with Crippen LogP contribution in [0.5, 0.6) is 0 Å². The molecule has 2 aromatic heterocycles. The first-order valence-electron chi connectivity index (χ1n) is 7.29. The van der Waals surface area contributed by atoms with E-state index in [-0.39, 0.29) is 6.04 Å². The van der Waals surface area contributed by atoms with Crippen LogP contribution in [0.1, 0.15) is 55.0 Å². The van der Waals surface area contributed by atoms with Gasteiger partial charge in [-0.1, -0.05) is 5.16 Å². The van der Waals surface area contributed by atoms with Crippen LogP contribution in [0.3, 0.4) is 0 Å². The molecule has 106 valence electrons. The van der Waals surface area contributed by atoms with E-state index in [1.54, 1.807) is 0 Å². The molecule has 1 saturated heterocycles. The number of rotatable bonds is 4. The number of hydrogen-bond acceptors (Lipinski definition) is 5. The van der Waals surface area contributed by atoms with E-state index in [2.05, 4.69) is 44.9 Å². The highest BCUT2D eigenvalue weighted by atomic mass is 16.5. The molecule has 0 aromatic carbocycles. The first-order valence-corrected chi connectivity index (χ1v) is 7.29. The van der Waals surface area contributed by atoms with Crippen molar-refractivity contribution in [1.82, 2.24) is 24.8 Å². The van der Waals surface area contributed by atoms with Crippen molar-refractivity contribution in [2.45, 2.75) is 44.7 Å². The van der Waals surface area contributed by atoms with Gasteiger partial charge in [0.05, 0.1) is 18.3 Å². The summed E-state index contributed by atoms with van der Waals surface area (Å²) in [5.74, 6) is 2.20. The summed E-state index contributed by atoms with van der Waals surface area (Å²) in [6, 6.07) is 0.667. The van der Waals surface area contributed by atoms with Gasteiger partial charge in [-0.3, -0.25) is 9.58 Å². The van der Waals surface area contributed by atoms with Crippen molar-refractivity contribution < 1.29 is 4.52 Å². The number of likely N-dealkylation sites (tertiary alicyclic amines) is 1. The van der Waals surface area contributed by atoms with E-state index in [0.29, 0.717) is 12.0 Å². The van der Waals surface area contributed by atoms with Crippen LogP contribution in [0, 0.1) is 6.92 Å². The lowest BCUT2D eigenvalue weighted by Crippen LogP contribution is -2.48. The molecule has 4 rings (SSSR count). The Labute approximate surface area is 117 Å². The van der Waals surface area contributed by atoms with Gasteiger partial charge in [0.1, 0.15) is 0 Å². The Hall–Kier alpha value is -1.69. The molecule has 6 heteroatoms. The van der Waals surface area contributed by atoms with Crippen LogP contribution in [-0.4, -0.2) is 37.9 Å². The van der Waals surface area contributed by atoms with E-state index < -0.39 is 0 Å². The van der Waals surface area contributed by atoms with Crippen LogP contribution >= 0.6 is 0 Å². The summed E-state index contributed by atoms with van der Waals surface area (Å²) < 4.78 is 7.46. The third kappa shape index (κ3) is 2.04. The molecule has 2 aliphatic rings. The molecule has 0 bridgehead atoms. The van der Waals surface area contributed by atoms with Crippen molar-refractivity contribution >= 4 is 0 Å². The average Bonchev–Trinajstić information content (AvgIpc) is 2.95. The van der Waals surface area contributed by atoms with Crippen LogP contribution in [0.4, 0.5) is 0 Å². The molecule has 0 N–H and O–H groups in total. The van der Waals surface area contributed by atoms with Crippen molar-refractivity contribution in [2.24, 2.45) is 0 Å². The highest BCUT2D eigenvalue weighted by molar-refractivity contribution is 5.06. The zero-order valence-corrected chi connectivity index (χ0v) is 11.9. The molecule has 0 amide bonds. The highest BCUT2D eigenvalue weighted by Crippen LogP contribution is 2.39. The van der Waals surface area contributed by atoms with E-state index in [1.807, 2.05) is 6.20 Å². The third-order valence-electron chi connectivity index (χ3n) is 4.30. The molecule has 1 atom stereocenters. The molecule has 0 radical (unpaired) electrons. The lowest BCUT2D eigenvalue weighted by Gasteiger charge is -2.41. The minimum absolute atomic E-state index is 0.197. The molecule has 1 aliphatic heterocycles. The van der Waals surface area contributed by atoms with Gasteiger partial charge in [0.25, 0.3) is 0 Å². The smallest absolute Gasteiger partial charge is 0.243 e. The molecule has 20 heavy (non-hydrogen) atoms. The van der Waals surface area contributed by atoms with Gasteiger partial charge in [0, 0.05) is 25.2 Å². The van der Waals surface area contributed by atoms with E-state index >= 15 is 0 Å². The Kier molecular flexibility index (Phi) is 2.66. The molecule has 2 fully saturated rings. The summed E-state index contributed by atoms with van der Waals surface area (Å²) in [7, 11) is 0. The molecular weight excluding hydrogens is 254 g/mol. The topological polar surface area (TPSA) is 60.0 Å². The summed E-state index contributed by atoms with van der Waals surface area (Å²) >= 11 is 0. The van der Waals surface area contributed by atoms with Gasteiger partial charge in [-0.25, -0.2) is 0 Å². The summed E-state index contributed by atoms with van der Waals surface area (Å²) in [4.78, 5) is 6.89. The second kappa shape index (κ2) is 4.41. The first-order chi connectivity index (χ1) is 9.70. The van der Waals surface area contributed by atoms with Crippen LogP contribution in [-0.2, 0) is 0 Å². The fourth-order valence-corrected chi connectivity index (χ4v) is 2.68. The van der Waals surface area contributed by atoms with Crippen molar-refractivity contribution in [2.75, 3.05) is 13.1 Å². The van der Waals surface area contributed by atoms with Gasteiger partial charge < -0.3 is 4.52 Å². The largest absolute Gasteiger partial charge is 0.338 e. The molecule has 2 aromatic rings. The zero-order valence-electron chi connectivity index (χ0n) is 11.9. The summed E-state index contributed by atoms with van der Waals surface area (Å²) in [6.45, 7) is 6.18. The maximum atomic E-state index is 5.40. The standard InChI is InChI=1S/C14H19N5O/c1-9-5-15-19(6-9)12-7-18(8-12)10(2)14-16-13(17-20-14)11-3-4-11/h5-6,10-12H,3-4,7-8H2,1-2H3/t10-/m0/s1. The molecule has 0 unspecified atom stereocenters. The number of nitrogens with zero attached hydrogens (tertiary/aromatic N) is 5. The SMILES string of the molecule is Cc1cnn(C2CN([C@@H](C)c3nc(C4CC4)no3)C2)c1. The summed E-state index contributed by atoms with van der Waals surface area (Å²) in [6.07, 6.45) is 6.42. The Morgan fingerprint density at radius 3 is 2.80 bits per heavy atom. The van der Waals surface area contributed by atoms with Gasteiger partial charge in [0.15, 0.2) is 5.82 Å². The van der Waals surface area contributed by atoms with Crippen LogP contribution in [0.15, 0.2) is 16.9 Å². The predicted octanol–water partition coefficient (Wildman–Crippen LogP) is 2.07. The molecule has 6 nitrogen and oxygen atoms in total. The summed E-state index contributed by atoms with van der Waals surface area (Å²) in [5, 5.41) is 8.47. The Bertz CT molecular complexity index is 609. The maximum Gasteiger partial charge on any atom is 0.243 e. The van der Waals surface area contributed by atoms with Crippen molar-refractivity contribution in [3.8, 4) is 0 Å². The monoisotopic (exact) mass is 273 g/mol. The number of aryl methyl sites for hydroxylation is 1. The minimum atomic E-state index is 0.197. The molecular formula is C14H19N5O. The zero-order chi connectivity index (χ0) is 13.7. The Balaban J connectivity index is 1.39. The van der Waals surface area contributed by atoms with Crippen molar-refractivity contribution in [1.29, 1.82) is 0 Å². The second-order valence-corrected chi connectivity index (χ2v) is 6.05. The first kappa shape index (κ1) is 12.1. The quantitative estimate of drug-likeness (QED) is 0.853. The molecule has 1 saturated carbocycles. The van der Waals surface area contributed by atoms with Crippen LogP contribution in [0.25, 0.3) is 0 Å². The van der Waals surface area contributed by atoms with Gasteiger partial charge in [-0.05, 0) is 32.3 Å². The number of hydrogen-bond donors (Lipinski definition) is 0. The van der Waals surface area contributed by atoms with E-state index in [0.717, 1.165) is 24.8 Å². The third-order valence-corrected chi connectivity index (χ3v) is 4.30. The Morgan fingerprint density at radius 2 is 2.15 bits per heavy atom. The average molecular weight is 273 g/mol. The van der Waals surface area contributed by atoms with Gasteiger partial charge in [-0.2, -0.15) is 10.1 Å². The second-order valence-electron chi connectivity index (χ2n) is 6.05. The van der Waals surface area contributed by atoms with Crippen molar-refractivity contribution in [3.63, 3.8) is 0 Å². The highest BCUT2D eigenvalue weighted by Gasteiger charge is 2.36. The van der Waals surface area contributed by atoms with Gasteiger partial charge in [0.2, 0.25) is 5.89 Å².